The number of nitrogens with zero attached hydrogens (tertiary/aromatic N) is 1. The highest BCUT2D eigenvalue weighted by Crippen LogP contribution is 2.27. The summed E-state index contributed by atoms with van der Waals surface area (Å²) >= 11 is 1.58. The molecule has 0 saturated heterocycles. The Kier molecular flexibility index (Phi) is 5.01. The zero-order valence-electron chi connectivity index (χ0n) is 12.1. The molecule has 0 aliphatic rings. The van der Waals surface area contributed by atoms with Gasteiger partial charge in [-0.3, -0.25) is 4.79 Å². The summed E-state index contributed by atoms with van der Waals surface area (Å²) in [5, 5.41) is 1.10. The number of rotatable bonds is 5. The summed E-state index contributed by atoms with van der Waals surface area (Å²) in [6, 6.07) is 11.8. The third-order valence-corrected chi connectivity index (χ3v) is 3.94. The van der Waals surface area contributed by atoms with Crippen molar-refractivity contribution in [3.8, 4) is 0 Å². The van der Waals surface area contributed by atoms with Gasteiger partial charge in [-0.2, -0.15) is 0 Å². The van der Waals surface area contributed by atoms with Crippen LogP contribution < -0.4 is 5.56 Å². The monoisotopic (exact) mass is 288 g/mol. The number of H-pyrrole nitrogens is 1. The predicted molar refractivity (Wildman–Crippen MR) is 84.4 cm³/mol. The molecule has 0 spiro atoms. The second-order valence-corrected chi connectivity index (χ2v) is 6.58. The number of thioether (sulfide) groups is 1. The third-order valence-electron chi connectivity index (χ3n) is 3.05. The molecule has 3 nitrogen and oxygen atoms in total. The maximum absolute atomic E-state index is 11.8. The van der Waals surface area contributed by atoms with Gasteiger partial charge in [-0.05, 0) is 12.0 Å². The molecule has 1 aromatic heterocycles. The lowest BCUT2D eigenvalue weighted by molar-refractivity contribution is 0.719. The lowest BCUT2D eigenvalue weighted by Crippen LogP contribution is -2.14. The van der Waals surface area contributed by atoms with Gasteiger partial charge in [-0.1, -0.05) is 62.9 Å². The van der Waals surface area contributed by atoms with Crippen molar-refractivity contribution in [1.82, 2.24) is 9.97 Å². The van der Waals surface area contributed by atoms with Gasteiger partial charge in [0.25, 0.3) is 5.56 Å². The molecule has 0 radical (unpaired) electrons. The van der Waals surface area contributed by atoms with Crippen molar-refractivity contribution in [1.29, 1.82) is 0 Å². The predicted octanol–water partition coefficient (Wildman–Crippen LogP) is 3.81. The zero-order valence-corrected chi connectivity index (χ0v) is 12.9. The first kappa shape index (κ1) is 14.9. The number of benzene rings is 1. The van der Waals surface area contributed by atoms with Crippen molar-refractivity contribution in [2.45, 2.75) is 43.5 Å². The molecule has 4 heteroatoms. The van der Waals surface area contributed by atoms with E-state index in [1.807, 2.05) is 18.2 Å². The molecule has 0 unspecified atom stereocenters. The Morgan fingerprint density at radius 3 is 2.55 bits per heavy atom. The van der Waals surface area contributed by atoms with E-state index < -0.39 is 0 Å². The number of hydrogen-bond donors (Lipinski definition) is 1. The molecule has 2 aromatic rings. The first-order valence-electron chi connectivity index (χ1n) is 6.93. The fourth-order valence-electron chi connectivity index (χ4n) is 2.21. The molecule has 1 atom stereocenters. The van der Waals surface area contributed by atoms with Crippen LogP contribution in [0.2, 0.25) is 0 Å². The van der Waals surface area contributed by atoms with Gasteiger partial charge in [0.2, 0.25) is 0 Å². The summed E-state index contributed by atoms with van der Waals surface area (Å²) in [7, 11) is 0. The van der Waals surface area contributed by atoms with E-state index in [9.17, 15) is 4.79 Å². The lowest BCUT2D eigenvalue weighted by Gasteiger charge is -2.15. The lowest BCUT2D eigenvalue weighted by atomic mass is 9.93. The van der Waals surface area contributed by atoms with E-state index in [0.717, 1.165) is 12.1 Å². The molecule has 106 valence electrons. The highest BCUT2D eigenvalue weighted by molar-refractivity contribution is 7.99. The van der Waals surface area contributed by atoms with Crippen molar-refractivity contribution in [3.63, 3.8) is 0 Å². The van der Waals surface area contributed by atoms with Crippen LogP contribution in [-0.2, 0) is 0 Å². The van der Waals surface area contributed by atoms with Crippen molar-refractivity contribution in [2.75, 3.05) is 0 Å². The minimum absolute atomic E-state index is 0.0764. The Bertz CT molecular complexity index is 607. The van der Waals surface area contributed by atoms with Gasteiger partial charge < -0.3 is 4.98 Å². The molecule has 0 aliphatic carbocycles. The van der Waals surface area contributed by atoms with Crippen molar-refractivity contribution < 1.29 is 0 Å². The SMILES string of the molecule is CC[C@H](c1ccccc1)c1cc(=O)[nH]c(SC(C)C)n1. The fraction of sp³-hybridized carbons (Fsp3) is 0.375. The molecule has 0 bridgehead atoms. The molecular formula is C16H20N2OS. The second-order valence-electron chi connectivity index (χ2n) is 5.01. The topological polar surface area (TPSA) is 45.8 Å². The van der Waals surface area contributed by atoms with E-state index in [4.69, 9.17) is 0 Å². The summed E-state index contributed by atoms with van der Waals surface area (Å²) in [6.07, 6.45) is 0.923. The van der Waals surface area contributed by atoms with Crippen LogP contribution in [0.4, 0.5) is 0 Å². The fourth-order valence-corrected chi connectivity index (χ4v) is 2.98. The van der Waals surface area contributed by atoms with E-state index in [-0.39, 0.29) is 11.5 Å². The smallest absolute Gasteiger partial charge is 0.251 e. The van der Waals surface area contributed by atoms with Crippen molar-refractivity contribution in [3.05, 3.63) is 58.0 Å². The van der Waals surface area contributed by atoms with Crippen LogP contribution >= 0.6 is 11.8 Å². The van der Waals surface area contributed by atoms with Crippen molar-refractivity contribution in [2.24, 2.45) is 0 Å². The number of aromatic amines is 1. The molecule has 1 aromatic carbocycles. The van der Waals surface area contributed by atoms with Gasteiger partial charge in [-0.25, -0.2) is 4.98 Å². The quantitative estimate of drug-likeness (QED) is 0.672. The molecule has 0 fully saturated rings. The molecule has 0 saturated carbocycles. The molecule has 0 amide bonds. The average molecular weight is 288 g/mol. The van der Waals surface area contributed by atoms with Gasteiger partial charge in [0.15, 0.2) is 5.16 Å². The van der Waals surface area contributed by atoms with Crippen LogP contribution in [0.1, 0.15) is 44.4 Å². The normalized spacial score (nSPS) is 12.6. The highest BCUT2D eigenvalue weighted by atomic mass is 32.2. The molecule has 1 heterocycles. The molecule has 2 rings (SSSR count). The van der Waals surface area contributed by atoms with Crippen LogP contribution in [0, 0.1) is 0 Å². The van der Waals surface area contributed by atoms with Gasteiger partial charge in [-0.15, -0.1) is 0 Å². The van der Waals surface area contributed by atoms with Crippen LogP contribution in [0.5, 0.6) is 0 Å². The van der Waals surface area contributed by atoms with E-state index in [2.05, 4.69) is 42.9 Å². The van der Waals surface area contributed by atoms with Gasteiger partial charge >= 0.3 is 0 Å². The number of aromatic nitrogens is 2. The number of hydrogen-bond acceptors (Lipinski definition) is 3. The van der Waals surface area contributed by atoms with Crippen molar-refractivity contribution >= 4 is 11.8 Å². The molecule has 1 N–H and O–H groups in total. The summed E-state index contributed by atoms with van der Waals surface area (Å²) < 4.78 is 0. The Hall–Kier alpha value is -1.55. The van der Waals surface area contributed by atoms with Gasteiger partial charge in [0.1, 0.15) is 0 Å². The summed E-state index contributed by atoms with van der Waals surface area (Å²) in [4.78, 5) is 19.3. The molecular weight excluding hydrogens is 268 g/mol. The van der Waals surface area contributed by atoms with Crippen LogP contribution in [0.25, 0.3) is 0 Å². The summed E-state index contributed by atoms with van der Waals surface area (Å²) in [6.45, 7) is 6.30. The Labute approximate surface area is 123 Å². The number of nitrogens with one attached hydrogen (secondary N) is 1. The van der Waals surface area contributed by atoms with Crippen LogP contribution in [0.15, 0.2) is 46.3 Å². The first-order valence-corrected chi connectivity index (χ1v) is 7.81. The minimum Gasteiger partial charge on any atom is -0.301 e. The third kappa shape index (κ3) is 3.73. The molecule has 20 heavy (non-hydrogen) atoms. The Morgan fingerprint density at radius 2 is 1.95 bits per heavy atom. The van der Waals surface area contributed by atoms with Gasteiger partial charge in [0, 0.05) is 17.2 Å². The minimum atomic E-state index is -0.0764. The van der Waals surface area contributed by atoms with E-state index >= 15 is 0 Å². The first-order chi connectivity index (χ1) is 9.60. The van der Waals surface area contributed by atoms with E-state index in [1.54, 1.807) is 17.8 Å². The Balaban J connectivity index is 2.39. The largest absolute Gasteiger partial charge is 0.301 e. The second kappa shape index (κ2) is 6.75. The van der Waals surface area contributed by atoms with Crippen LogP contribution in [0.3, 0.4) is 0 Å². The molecule has 0 aliphatic heterocycles. The summed E-state index contributed by atoms with van der Waals surface area (Å²) in [5.41, 5.74) is 1.98. The highest BCUT2D eigenvalue weighted by Gasteiger charge is 2.15. The Morgan fingerprint density at radius 1 is 1.25 bits per heavy atom. The maximum atomic E-state index is 11.8. The van der Waals surface area contributed by atoms with Crippen LogP contribution in [-0.4, -0.2) is 15.2 Å². The van der Waals surface area contributed by atoms with E-state index in [0.29, 0.717) is 10.4 Å². The summed E-state index contributed by atoms with van der Waals surface area (Å²) in [5.74, 6) is 0.171. The maximum Gasteiger partial charge on any atom is 0.251 e. The zero-order chi connectivity index (χ0) is 14.5. The standard InChI is InChI=1S/C16H20N2OS/c1-4-13(12-8-6-5-7-9-12)14-10-15(19)18-16(17-14)20-11(2)3/h5-11,13H,4H2,1-3H3,(H,17,18,19)/t13-/m1/s1. The average Bonchev–Trinajstić information content (AvgIpc) is 2.39. The van der Waals surface area contributed by atoms with E-state index in [1.165, 1.54) is 5.56 Å². The van der Waals surface area contributed by atoms with Gasteiger partial charge in [0.05, 0.1) is 5.69 Å².